The van der Waals surface area contributed by atoms with Crippen LogP contribution in [0.2, 0.25) is 5.15 Å². The predicted molar refractivity (Wildman–Crippen MR) is 79.9 cm³/mol. The summed E-state index contributed by atoms with van der Waals surface area (Å²) in [6, 6.07) is 1.98. The molecule has 0 saturated heterocycles. The lowest BCUT2D eigenvalue weighted by atomic mass is 10.2. The fourth-order valence-electron chi connectivity index (χ4n) is 2.26. The third-order valence-corrected chi connectivity index (χ3v) is 3.70. The Balaban J connectivity index is 1.81. The van der Waals surface area contributed by atoms with E-state index in [0.29, 0.717) is 17.5 Å². The van der Waals surface area contributed by atoms with Crippen LogP contribution in [0.1, 0.15) is 17.1 Å². The van der Waals surface area contributed by atoms with Crippen LogP contribution in [-0.2, 0) is 20.1 Å². The molecule has 0 aliphatic carbocycles. The molecule has 0 fully saturated rings. The number of fused-ring (bicyclic) bond motifs is 1. The number of nitrogens with zero attached hydrogens (tertiary/aromatic N) is 5. The van der Waals surface area contributed by atoms with E-state index in [1.54, 1.807) is 17.1 Å². The molecule has 7 heteroatoms. The lowest BCUT2D eigenvalue weighted by molar-refractivity contribution is 0.308. The summed E-state index contributed by atoms with van der Waals surface area (Å²) in [6.07, 6.45) is 3.38. The van der Waals surface area contributed by atoms with Gasteiger partial charge in [0.25, 0.3) is 0 Å². The van der Waals surface area contributed by atoms with Crippen molar-refractivity contribution in [1.82, 2.24) is 24.6 Å². The summed E-state index contributed by atoms with van der Waals surface area (Å²) < 4.78 is 7.01. The zero-order valence-corrected chi connectivity index (χ0v) is 12.9. The van der Waals surface area contributed by atoms with Gasteiger partial charge in [0, 0.05) is 19.2 Å². The van der Waals surface area contributed by atoms with Gasteiger partial charge in [-0.2, -0.15) is 5.10 Å². The first-order chi connectivity index (χ1) is 10.0. The summed E-state index contributed by atoms with van der Waals surface area (Å²) in [7, 11) is 3.85. The summed E-state index contributed by atoms with van der Waals surface area (Å²) in [5.41, 5.74) is 1.91. The first-order valence-electron chi connectivity index (χ1n) is 6.60. The Morgan fingerprint density at radius 2 is 2.14 bits per heavy atom. The maximum absolute atomic E-state index is 6.19. The monoisotopic (exact) mass is 305 g/mol. The van der Waals surface area contributed by atoms with Crippen LogP contribution >= 0.6 is 11.6 Å². The van der Waals surface area contributed by atoms with Crippen molar-refractivity contribution in [2.45, 2.75) is 20.0 Å². The van der Waals surface area contributed by atoms with Crippen LogP contribution in [0.5, 0.6) is 0 Å². The summed E-state index contributed by atoms with van der Waals surface area (Å²) in [5, 5.41) is 5.37. The predicted octanol–water partition coefficient (Wildman–Crippen LogP) is 2.55. The van der Waals surface area contributed by atoms with Crippen LogP contribution in [0.3, 0.4) is 0 Å². The van der Waals surface area contributed by atoms with Crippen molar-refractivity contribution in [2.75, 3.05) is 7.05 Å². The van der Waals surface area contributed by atoms with Crippen molar-refractivity contribution in [3.8, 4) is 0 Å². The van der Waals surface area contributed by atoms with Crippen LogP contribution in [0.15, 0.2) is 22.9 Å². The standard InChI is InChI=1S/C14H16ClN5O/c1-9-10(4-5-21-9)7-19(2)8-12-17-13(15)11-6-16-20(3)14(11)18-12/h4-6H,7-8H2,1-3H3. The normalized spacial score (nSPS) is 11.7. The molecule has 0 spiro atoms. The van der Waals surface area contributed by atoms with Crippen molar-refractivity contribution in [1.29, 1.82) is 0 Å². The Morgan fingerprint density at radius 1 is 1.33 bits per heavy atom. The lowest BCUT2D eigenvalue weighted by Gasteiger charge is -2.15. The Kier molecular flexibility index (Phi) is 3.65. The SMILES string of the molecule is Cc1occc1CN(C)Cc1nc(Cl)c2cnn(C)c2n1. The second kappa shape index (κ2) is 5.46. The summed E-state index contributed by atoms with van der Waals surface area (Å²) >= 11 is 6.19. The summed E-state index contributed by atoms with van der Waals surface area (Å²) in [4.78, 5) is 11.0. The first-order valence-corrected chi connectivity index (χ1v) is 6.98. The Hall–Kier alpha value is -1.92. The molecule has 0 aliphatic heterocycles. The lowest BCUT2D eigenvalue weighted by Crippen LogP contribution is -2.19. The minimum Gasteiger partial charge on any atom is -0.469 e. The third-order valence-electron chi connectivity index (χ3n) is 3.41. The number of aryl methyl sites for hydroxylation is 2. The second-order valence-electron chi connectivity index (χ2n) is 5.11. The van der Waals surface area contributed by atoms with Crippen molar-refractivity contribution in [2.24, 2.45) is 7.05 Å². The minimum absolute atomic E-state index is 0.441. The summed E-state index contributed by atoms with van der Waals surface area (Å²) in [6.45, 7) is 3.33. The minimum atomic E-state index is 0.441. The molecule has 3 rings (SSSR count). The maximum atomic E-state index is 6.19. The molecule has 6 nitrogen and oxygen atoms in total. The van der Waals surface area contributed by atoms with E-state index >= 15 is 0 Å². The van der Waals surface area contributed by atoms with Crippen molar-refractivity contribution in [3.05, 3.63) is 40.8 Å². The molecule has 0 atom stereocenters. The molecule has 0 radical (unpaired) electrons. The van der Waals surface area contributed by atoms with E-state index in [2.05, 4.69) is 20.0 Å². The van der Waals surface area contributed by atoms with E-state index in [0.717, 1.165) is 28.9 Å². The number of hydrogen-bond donors (Lipinski definition) is 0. The van der Waals surface area contributed by atoms with Gasteiger partial charge in [0.1, 0.15) is 16.7 Å². The average molecular weight is 306 g/mol. The van der Waals surface area contributed by atoms with Crippen LogP contribution in [0, 0.1) is 6.92 Å². The van der Waals surface area contributed by atoms with Gasteiger partial charge >= 0.3 is 0 Å². The Morgan fingerprint density at radius 3 is 2.86 bits per heavy atom. The van der Waals surface area contributed by atoms with Gasteiger partial charge in [-0.15, -0.1) is 0 Å². The van der Waals surface area contributed by atoms with E-state index in [4.69, 9.17) is 16.0 Å². The molecule has 0 amide bonds. The molecule has 110 valence electrons. The molecular weight excluding hydrogens is 290 g/mol. The zero-order valence-electron chi connectivity index (χ0n) is 12.2. The number of aromatic nitrogens is 4. The number of hydrogen-bond acceptors (Lipinski definition) is 5. The fourth-order valence-corrected chi connectivity index (χ4v) is 2.49. The van der Waals surface area contributed by atoms with Crippen LogP contribution in [0.4, 0.5) is 0 Å². The first kappa shape index (κ1) is 14.0. The van der Waals surface area contributed by atoms with Crippen LogP contribution in [0.25, 0.3) is 11.0 Å². The van der Waals surface area contributed by atoms with Crippen LogP contribution < -0.4 is 0 Å². The van der Waals surface area contributed by atoms with E-state index in [1.165, 1.54) is 0 Å². The number of halogens is 1. The highest BCUT2D eigenvalue weighted by molar-refractivity contribution is 6.33. The Labute approximate surface area is 127 Å². The van der Waals surface area contributed by atoms with Gasteiger partial charge in [-0.25, -0.2) is 9.97 Å². The highest BCUT2D eigenvalue weighted by Gasteiger charge is 2.12. The molecule has 3 heterocycles. The highest BCUT2D eigenvalue weighted by atomic mass is 35.5. The van der Waals surface area contributed by atoms with E-state index < -0.39 is 0 Å². The number of rotatable bonds is 4. The van der Waals surface area contributed by atoms with Gasteiger partial charge in [0.15, 0.2) is 5.65 Å². The molecule has 21 heavy (non-hydrogen) atoms. The van der Waals surface area contributed by atoms with Gasteiger partial charge in [0.2, 0.25) is 0 Å². The molecule has 0 aromatic carbocycles. The largest absolute Gasteiger partial charge is 0.469 e. The molecule has 3 aromatic rings. The second-order valence-corrected chi connectivity index (χ2v) is 5.47. The fraction of sp³-hybridized carbons (Fsp3) is 0.357. The van der Waals surface area contributed by atoms with Gasteiger partial charge in [-0.05, 0) is 20.0 Å². The molecule has 0 saturated carbocycles. The molecule has 0 N–H and O–H groups in total. The Bertz CT molecular complexity index is 779. The maximum Gasteiger partial charge on any atom is 0.162 e. The topological polar surface area (TPSA) is 60.0 Å². The quantitative estimate of drug-likeness (QED) is 0.693. The van der Waals surface area contributed by atoms with E-state index in [1.807, 2.05) is 27.1 Å². The highest BCUT2D eigenvalue weighted by Crippen LogP contribution is 2.20. The molecule has 3 aromatic heterocycles. The third kappa shape index (κ3) is 2.77. The average Bonchev–Trinajstić information content (AvgIpc) is 2.98. The van der Waals surface area contributed by atoms with Gasteiger partial charge in [-0.3, -0.25) is 9.58 Å². The number of furan rings is 1. The summed E-state index contributed by atoms with van der Waals surface area (Å²) in [5.74, 6) is 1.61. The van der Waals surface area contributed by atoms with Crippen LogP contribution in [-0.4, -0.2) is 31.7 Å². The zero-order chi connectivity index (χ0) is 15.0. The molecule has 0 bridgehead atoms. The van der Waals surface area contributed by atoms with Gasteiger partial charge in [-0.1, -0.05) is 11.6 Å². The van der Waals surface area contributed by atoms with Gasteiger partial charge in [0.05, 0.1) is 24.4 Å². The molecule has 0 unspecified atom stereocenters. The van der Waals surface area contributed by atoms with Gasteiger partial charge < -0.3 is 4.42 Å². The van der Waals surface area contributed by atoms with E-state index in [9.17, 15) is 0 Å². The van der Waals surface area contributed by atoms with Crippen molar-refractivity contribution >= 4 is 22.6 Å². The van der Waals surface area contributed by atoms with Crippen molar-refractivity contribution < 1.29 is 4.42 Å². The smallest absolute Gasteiger partial charge is 0.162 e. The molecule has 0 aliphatic rings. The molecular formula is C14H16ClN5O. The van der Waals surface area contributed by atoms with Crippen molar-refractivity contribution in [3.63, 3.8) is 0 Å². The van der Waals surface area contributed by atoms with E-state index in [-0.39, 0.29) is 0 Å².